The maximum absolute atomic E-state index is 13.0. The highest BCUT2D eigenvalue weighted by Gasteiger charge is 2.26. The molecule has 0 unspecified atom stereocenters. The molecule has 8 nitrogen and oxygen atoms in total. The van der Waals surface area contributed by atoms with Crippen LogP contribution in [-0.4, -0.2) is 62.3 Å². The minimum atomic E-state index is -0.236. The molecule has 2 amide bonds. The van der Waals surface area contributed by atoms with E-state index in [1.54, 1.807) is 29.2 Å². The van der Waals surface area contributed by atoms with Gasteiger partial charge in [-0.05, 0) is 43.2 Å². The second kappa shape index (κ2) is 9.39. The average Bonchev–Trinajstić information content (AvgIpc) is 2.78. The Bertz CT molecular complexity index is 897. The predicted octanol–water partition coefficient (Wildman–Crippen LogP) is 2.45. The third-order valence-corrected chi connectivity index (χ3v) is 5.14. The normalized spacial score (nSPS) is 14.2. The number of amides is 2. The van der Waals surface area contributed by atoms with E-state index in [1.807, 2.05) is 0 Å². The van der Waals surface area contributed by atoms with Gasteiger partial charge in [0.05, 0.1) is 21.3 Å². The number of nitrogens with zero attached hydrogens (tertiary/aromatic N) is 1. The molecule has 0 saturated carbocycles. The first-order valence-corrected chi connectivity index (χ1v) is 9.66. The zero-order valence-corrected chi connectivity index (χ0v) is 17.3. The highest BCUT2D eigenvalue weighted by molar-refractivity contribution is 5.96. The summed E-state index contributed by atoms with van der Waals surface area (Å²) in [5, 5.41) is 12.5. The van der Waals surface area contributed by atoms with Gasteiger partial charge < -0.3 is 29.5 Å². The second-order valence-corrected chi connectivity index (χ2v) is 7.00. The molecule has 8 heteroatoms. The molecule has 0 aromatic heterocycles. The van der Waals surface area contributed by atoms with Crippen molar-refractivity contribution in [3.8, 4) is 23.0 Å². The highest BCUT2D eigenvalue weighted by Crippen LogP contribution is 2.38. The molecule has 1 fully saturated rings. The summed E-state index contributed by atoms with van der Waals surface area (Å²) in [7, 11) is 4.52. The number of piperidine rings is 1. The fourth-order valence-corrected chi connectivity index (χ4v) is 3.53. The standard InChI is InChI=1S/C22H26N2O6/c1-28-18-12-15(13-19(29-2)20(18)30-3)22(27)24-9-7-16(8-10-24)23-21(26)14-5-4-6-17(25)11-14/h4-6,11-13,16,25H,7-10H2,1-3H3,(H,23,26). The first-order chi connectivity index (χ1) is 14.5. The molecular formula is C22H26N2O6. The van der Waals surface area contributed by atoms with E-state index in [1.165, 1.54) is 33.5 Å². The van der Waals surface area contributed by atoms with Crippen LogP contribution in [0.1, 0.15) is 33.6 Å². The number of hydrogen-bond acceptors (Lipinski definition) is 6. The fourth-order valence-electron chi connectivity index (χ4n) is 3.53. The minimum absolute atomic E-state index is 0.0381. The maximum Gasteiger partial charge on any atom is 0.254 e. The molecular weight excluding hydrogens is 388 g/mol. The number of hydrogen-bond donors (Lipinski definition) is 2. The summed E-state index contributed by atoms with van der Waals surface area (Å²) in [6.45, 7) is 1.03. The summed E-state index contributed by atoms with van der Waals surface area (Å²) in [6.07, 6.45) is 1.28. The number of benzene rings is 2. The van der Waals surface area contributed by atoms with Crippen molar-refractivity contribution < 1.29 is 28.9 Å². The Hall–Kier alpha value is -3.42. The third kappa shape index (κ3) is 4.59. The van der Waals surface area contributed by atoms with Gasteiger partial charge in [-0.3, -0.25) is 9.59 Å². The number of ether oxygens (including phenoxy) is 3. The number of nitrogens with one attached hydrogen (secondary N) is 1. The molecule has 2 aromatic carbocycles. The SMILES string of the molecule is COc1cc(C(=O)N2CCC(NC(=O)c3cccc(O)c3)CC2)cc(OC)c1OC. The molecule has 2 aromatic rings. The van der Waals surface area contributed by atoms with Crippen molar-refractivity contribution in [3.63, 3.8) is 0 Å². The first kappa shape index (κ1) is 21.3. The maximum atomic E-state index is 13.0. The molecule has 3 rings (SSSR count). The van der Waals surface area contributed by atoms with Crippen LogP contribution in [0.4, 0.5) is 0 Å². The van der Waals surface area contributed by atoms with Crippen molar-refractivity contribution in [2.75, 3.05) is 34.4 Å². The molecule has 0 radical (unpaired) electrons. The molecule has 1 aliphatic heterocycles. The number of aromatic hydroxyl groups is 1. The van der Waals surface area contributed by atoms with Crippen LogP contribution >= 0.6 is 0 Å². The summed E-state index contributed by atoms with van der Waals surface area (Å²) in [5.74, 6) is 0.965. The van der Waals surface area contributed by atoms with Crippen molar-refractivity contribution in [2.24, 2.45) is 0 Å². The summed E-state index contributed by atoms with van der Waals surface area (Å²) in [6, 6.07) is 9.46. The van der Waals surface area contributed by atoms with Gasteiger partial charge in [0.15, 0.2) is 11.5 Å². The van der Waals surface area contributed by atoms with Crippen molar-refractivity contribution >= 4 is 11.8 Å². The van der Waals surface area contributed by atoms with Crippen LogP contribution in [-0.2, 0) is 0 Å². The molecule has 0 spiro atoms. The quantitative estimate of drug-likeness (QED) is 0.754. The Labute approximate surface area is 175 Å². The van der Waals surface area contributed by atoms with Crippen LogP contribution in [0.25, 0.3) is 0 Å². The van der Waals surface area contributed by atoms with Gasteiger partial charge in [0, 0.05) is 30.3 Å². The number of likely N-dealkylation sites (tertiary alicyclic amines) is 1. The monoisotopic (exact) mass is 414 g/mol. The molecule has 0 atom stereocenters. The lowest BCUT2D eigenvalue weighted by atomic mass is 10.0. The third-order valence-electron chi connectivity index (χ3n) is 5.14. The summed E-state index contributed by atoms with van der Waals surface area (Å²) in [4.78, 5) is 27.1. The van der Waals surface area contributed by atoms with E-state index >= 15 is 0 Å². The van der Waals surface area contributed by atoms with Crippen LogP contribution in [0.3, 0.4) is 0 Å². The molecule has 1 heterocycles. The summed E-state index contributed by atoms with van der Waals surface area (Å²) in [5.41, 5.74) is 0.859. The molecule has 0 bridgehead atoms. The molecule has 1 saturated heterocycles. The zero-order valence-electron chi connectivity index (χ0n) is 17.3. The van der Waals surface area contributed by atoms with E-state index in [2.05, 4.69) is 5.32 Å². The van der Waals surface area contributed by atoms with Crippen molar-refractivity contribution in [2.45, 2.75) is 18.9 Å². The lowest BCUT2D eigenvalue weighted by Crippen LogP contribution is -2.46. The van der Waals surface area contributed by atoms with Gasteiger partial charge in [-0.2, -0.15) is 0 Å². The van der Waals surface area contributed by atoms with Crippen LogP contribution in [0.2, 0.25) is 0 Å². The van der Waals surface area contributed by atoms with E-state index in [9.17, 15) is 14.7 Å². The van der Waals surface area contributed by atoms with E-state index in [0.717, 1.165) is 0 Å². The molecule has 30 heavy (non-hydrogen) atoms. The molecule has 2 N–H and O–H groups in total. The zero-order chi connectivity index (χ0) is 21.7. The van der Waals surface area contributed by atoms with Crippen molar-refractivity contribution in [3.05, 3.63) is 47.5 Å². The smallest absolute Gasteiger partial charge is 0.254 e. The van der Waals surface area contributed by atoms with Gasteiger partial charge in [-0.1, -0.05) is 6.07 Å². The number of rotatable bonds is 6. The van der Waals surface area contributed by atoms with Gasteiger partial charge >= 0.3 is 0 Å². The van der Waals surface area contributed by atoms with Gasteiger partial charge in [0.2, 0.25) is 5.75 Å². The predicted molar refractivity (Wildman–Crippen MR) is 111 cm³/mol. The molecule has 0 aliphatic carbocycles. The molecule has 1 aliphatic rings. The van der Waals surface area contributed by atoms with Crippen LogP contribution in [0, 0.1) is 0 Å². The number of phenols is 1. The lowest BCUT2D eigenvalue weighted by Gasteiger charge is -2.32. The largest absolute Gasteiger partial charge is 0.508 e. The van der Waals surface area contributed by atoms with Crippen molar-refractivity contribution in [1.29, 1.82) is 0 Å². The number of carbonyl (C=O) groups excluding carboxylic acids is 2. The summed E-state index contributed by atoms with van der Waals surface area (Å²) >= 11 is 0. The Morgan fingerprint density at radius 1 is 0.967 bits per heavy atom. The second-order valence-electron chi connectivity index (χ2n) is 7.00. The Balaban J connectivity index is 1.63. The van der Waals surface area contributed by atoms with Crippen LogP contribution in [0.15, 0.2) is 36.4 Å². The number of carbonyl (C=O) groups is 2. The van der Waals surface area contributed by atoms with Gasteiger partial charge in [-0.15, -0.1) is 0 Å². The van der Waals surface area contributed by atoms with Gasteiger partial charge in [0.1, 0.15) is 5.75 Å². The Morgan fingerprint density at radius 2 is 1.60 bits per heavy atom. The number of phenolic OH excluding ortho intramolecular Hbond substituents is 1. The van der Waals surface area contributed by atoms with E-state index in [-0.39, 0.29) is 23.6 Å². The number of methoxy groups -OCH3 is 3. The van der Waals surface area contributed by atoms with Gasteiger partial charge in [-0.25, -0.2) is 0 Å². The lowest BCUT2D eigenvalue weighted by molar-refractivity contribution is 0.0697. The van der Waals surface area contributed by atoms with Crippen LogP contribution < -0.4 is 19.5 Å². The summed E-state index contributed by atoms with van der Waals surface area (Å²) < 4.78 is 16.0. The average molecular weight is 414 g/mol. The topological polar surface area (TPSA) is 97.3 Å². The van der Waals surface area contributed by atoms with Crippen LogP contribution in [0.5, 0.6) is 23.0 Å². The minimum Gasteiger partial charge on any atom is -0.508 e. The highest BCUT2D eigenvalue weighted by atomic mass is 16.5. The van der Waals surface area contributed by atoms with E-state index < -0.39 is 0 Å². The fraction of sp³-hybridized carbons (Fsp3) is 0.364. The Kier molecular flexibility index (Phi) is 6.66. The van der Waals surface area contributed by atoms with E-state index in [0.29, 0.717) is 54.3 Å². The Morgan fingerprint density at radius 3 is 2.13 bits per heavy atom. The molecule has 160 valence electrons. The van der Waals surface area contributed by atoms with Crippen molar-refractivity contribution in [1.82, 2.24) is 10.2 Å². The van der Waals surface area contributed by atoms with Gasteiger partial charge in [0.25, 0.3) is 11.8 Å². The van der Waals surface area contributed by atoms with E-state index in [4.69, 9.17) is 14.2 Å². The first-order valence-electron chi connectivity index (χ1n) is 9.66.